The van der Waals surface area contributed by atoms with Crippen LogP contribution in [0.4, 0.5) is 0 Å². The molecule has 0 saturated heterocycles. The summed E-state index contributed by atoms with van der Waals surface area (Å²) < 4.78 is 0.979. The zero-order chi connectivity index (χ0) is 9.30. The molecule has 12 heavy (non-hydrogen) atoms. The van der Waals surface area contributed by atoms with E-state index in [1.54, 1.807) is 6.07 Å². The van der Waals surface area contributed by atoms with E-state index < -0.39 is 0 Å². The number of rotatable bonds is 1. The van der Waals surface area contributed by atoms with E-state index in [-0.39, 0.29) is 11.8 Å². The summed E-state index contributed by atoms with van der Waals surface area (Å²) in [4.78, 5) is 0. The zero-order valence-corrected chi connectivity index (χ0v) is 8.72. The molecule has 1 aromatic carbocycles. The van der Waals surface area contributed by atoms with Gasteiger partial charge in [0.1, 0.15) is 5.75 Å². The highest BCUT2D eigenvalue weighted by molar-refractivity contribution is 9.10. The third-order valence-corrected chi connectivity index (χ3v) is 2.74. The first kappa shape index (κ1) is 9.55. The number of nitrogens with two attached hydrogens (primary N) is 1. The fourth-order valence-electron chi connectivity index (χ4n) is 1.26. The minimum Gasteiger partial charge on any atom is -0.508 e. The van der Waals surface area contributed by atoms with E-state index in [0.717, 1.165) is 15.6 Å². The first-order chi connectivity index (χ1) is 5.54. The first-order valence-electron chi connectivity index (χ1n) is 3.77. The topological polar surface area (TPSA) is 46.2 Å². The summed E-state index contributed by atoms with van der Waals surface area (Å²) in [7, 11) is 0. The van der Waals surface area contributed by atoms with Crippen molar-refractivity contribution in [1.82, 2.24) is 0 Å². The van der Waals surface area contributed by atoms with Crippen LogP contribution in [0.15, 0.2) is 16.6 Å². The van der Waals surface area contributed by atoms with Crippen molar-refractivity contribution in [3.05, 3.63) is 27.7 Å². The summed E-state index contributed by atoms with van der Waals surface area (Å²) in [5.41, 5.74) is 7.52. The van der Waals surface area contributed by atoms with Gasteiger partial charge in [0.25, 0.3) is 0 Å². The second kappa shape index (κ2) is 3.46. The van der Waals surface area contributed by atoms with Gasteiger partial charge in [-0.15, -0.1) is 0 Å². The molecule has 2 nitrogen and oxygen atoms in total. The van der Waals surface area contributed by atoms with Crippen LogP contribution in [-0.4, -0.2) is 5.11 Å². The van der Waals surface area contributed by atoms with E-state index in [9.17, 15) is 5.11 Å². The van der Waals surface area contributed by atoms with Gasteiger partial charge < -0.3 is 10.8 Å². The summed E-state index contributed by atoms with van der Waals surface area (Å²) in [6.07, 6.45) is 0. The Hall–Kier alpha value is -0.540. The van der Waals surface area contributed by atoms with Crippen LogP contribution in [0.1, 0.15) is 24.1 Å². The number of phenolic OH excluding ortho intramolecular Hbond substituents is 1. The van der Waals surface area contributed by atoms with Gasteiger partial charge in [0.15, 0.2) is 0 Å². The van der Waals surface area contributed by atoms with Crippen molar-refractivity contribution in [3.8, 4) is 5.75 Å². The van der Waals surface area contributed by atoms with E-state index in [1.807, 2.05) is 19.9 Å². The lowest BCUT2D eigenvalue weighted by atomic mass is 10.0. The van der Waals surface area contributed by atoms with Gasteiger partial charge in [-0.05, 0) is 31.5 Å². The van der Waals surface area contributed by atoms with Gasteiger partial charge in [0.05, 0.1) is 0 Å². The summed E-state index contributed by atoms with van der Waals surface area (Å²) >= 11 is 3.38. The minimum absolute atomic E-state index is 0.137. The van der Waals surface area contributed by atoms with Gasteiger partial charge in [-0.25, -0.2) is 0 Å². The molecule has 0 fully saturated rings. The zero-order valence-electron chi connectivity index (χ0n) is 7.13. The maximum absolute atomic E-state index is 9.49. The van der Waals surface area contributed by atoms with E-state index in [0.29, 0.717) is 0 Å². The molecule has 0 radical (unpaired) electrons. The molecule has 1 rings (SSSR count). The van der Waals surface area contributed by atoms with Gasteiger partial charge in [0, 0.05) is 16.1 Å². The Morgan fingerprint density at radius 3 is 2.50 bits per heavy atom. The highest BCUT2D eigenvalue weighted by Gasteiger charge is 2.11. The number of hydrogen-bond donors (Lipinski definition) is 2. The van der Waals surface area contributed by atoms with Gasteiger partial charge in [-0.1, -0.05) is 15.9 Å². The lowest BCUT2D eigenvalue weighted by Crippen LogP contribution is -2.07. The molecule has 0 aromatic heterocycles. The summed E-state index contributed by atoms with van der Waals surface area (Å²) in [6, 6.07) is 3.33. The highest BCUT2D eigenvalue weighted by atomic mass is 79.9. The Balaban J connectivity index is 3.33. The SMILES string of the molecule is Cc1c(Br)ccc(O)c1C(C)N. The first-order valence-corrected chi connectivity index (χ1v) is 4.57. The van der Waals surface area contributed by atoms with Crippen LogP contribution in [0, 0.1) is 6.92 Å². The van der Waals surface area contributed by atoms with Gasteiger partial charge >= 0.3 is 0 Å². The molecule has 0 spiro atoms. The number of halogens is 1. The fourth-order valence-corrected chi connectivity index (χ4v) is 1.61. The van der Waals surface area contributed by atoms with Crippen LogP contribution in [0.5, 0.6) is 5.75 Å². The smallest absolute Gasteiger partial charge is 0.120 e. The predicted octanol–water partition coefficient (Wildman–Crippen LogP) is 2.48. The van der Waals surface area contributed by atoms with Crippen LogP contribution in [0.3, 0.4) is 0 Å². The average molecular weight is 230 g/mol. The highest BCUT2D eigenvalue weighted by Crippen LogP contribution is 2.30. The third kappa shape index (κ3) is 1.62. The molecule has 3 N–H and O–H groups in total. The molecule has 3 heteroatoms. The average Bonchev–Trinajstić information content (AvgIpc) is 1.97. The quantitative estimate of drug-likeness (QED) is 0.778. The van der Waals surface area contributed by atoms with E-state index in [4.69, 9.17) is 5.73 Å². The van der Waals surface area contributed by atoms with Crippen molar-refractivity contribution < 1.29 is 5.11 Å². The van der Waals surface area contributed by atoms with Crippen molar-refractivity contribution >= 4 is 15.9 Å². The van der Waals surface area contributed by atoms with Gasteiger partial charge in [-0.2, -0.15) is 0 Å². The lowest BCUT2D eigenvalue weighted by molar-refractivity contribution is 0.462. The Labute approximate surface area is 80.5 Å². The molecular formula is C9H12BrNO. The Morgan fingerprint density at radius 2 is 2.08 bits per heavy atom. The molecule has 1 unspecified atom stereocenters. The van der Waals surface area contributed by atoms with Crippen molar-refractivity contribution in [2.45, 2.75) is 19.9 Å². The van der Waals surface area contributed by atoms with Gasteiger partial charge in [-0.3, -0.25) is 0 Å². The molecule has 0 amide bonds. The molecule has 1 atom stereocenters. The van der Waals surface area contributed by atoms with Crippen LogP contribution >= 0.6 is 15.9 Å². The lowest BCUT2D eigenvalue weighted by Gasteiger charge is -2.12. The predicted molar refractivity (Wildman–Crippen MR) is 53.1 cm³/mol. The molecule has 0 aliphatic rings. The van der Waals surface area contributed by atoms with Crippen molar-refractivity contribution in [2.24, 2.45) is 5.73 Å². The summed E-state index contributed by atoms with van der Waals surface area (Å²) in [5, 5.41) is 9.49. The van der Waals surface area contributed by atoms with Crippen LogP contribution in [-0.2, 0) is 0 Å². The van der Waals surface area contributed by atoms with Crippen LogP contribution < -0.4 is 5.73 Å². The molecule has 0 saturated carbocycles. The fraction of sp³-hybridized carbons (Fsp3) is 0.333. The second-order valence-electron chi connectivity index (χ2n) is 2.89. The summed E-state index contributed by atoms with van der Waals surface area (Å²) in [5.74, 6) is 0.269. The Morgan fingerprint density at radius 1 is 1.50 bits per heavy atom. The normalized spacial score (nSPS) is 13.0. The maximum atomic E-state index is 9.49. The van der Waals surface area contributed by atoms with Crippen LogP contribution in [0.2, 0.25) is 0 Å². The minimum atomic E-state index is -0.137. The number of hydrogen-bond acceptors (Lipinski definition) is 2. The van der Waals surface area contributed by atoms with Gasteiger partial charge in [0.2, 0.25) is 0 Å². The van der Waals surface area contributed by atoms with Crippen molar-refractivity contribution in [2.75, 3.05) is 0 Å². The third-order valence-electron chi connectivity index (χ3n) is 1.88. The Kier molecular flexibility index (Phi) is 2.75. The standard InChI is InChI=1S/C9H12BrNO/c1-5-7(10)3-4-8(12)9(5)6(2)11/h3-4,6,12H,11H2,1-2H3. The number of benzene rings is 1. The molecule has 0 heterocycles. The number of phenols is 1. The maximum Gasteiger partial charge on any atom is 0.120 e. The van der Waals surface area contributed by atoms with E-state index in [2.05, 4.69) is 15.9 Å². The largest absolute Gasteiger partial charge is 0.508 e. The monoisotopic (exact) mass is 229 g/mol. The van der Waals surface area contributed by atoms with Crippen LogP contribution in [0.25, 0.3) is 0 Å². The number of aromatic hydroxyl groups is 1. The van der Waals surface area contributed by atoms with E-state index >= 15 is 0 Å². The Bertz CT molecular complexity index is 297. The molecule has 1 aromatic rings. The van der Waals surface area contributed by atoms with E-state index in [1.165, 1.54) is 0 Å². The molecule has 0 bridgehead atoms. The molecule has 66 valence electrons. The van der Waals surface area contributed by atoms with Crippen molar-refractivity contribution in [3.63, 3.8) is 0 Å². The molecule has 0 aliphatic carbocycles. The second-order valence-corrected chi connectivity index (χ2v) is 3.75. The molecular weight excluding hydrogens is 218 g/mol. The van der Waals surface area contributed by atoms with Crippen molar-refractivity contribution in [1.29, 1.82) is 0 Å². The summed E-state index contributed by atoms with van der Waals surface area (Å²) in [6.45, 7) is 3.79. The molecule has 0 aliphatic heterocycles.